The zero-order valence-electron chi connectivity index (χ0n) is 17.1. The average molecular weight is 509 g/mol. The van der Waals surface area contributed by atoms with Crippen molar-refractivity contribution in [3.05, 3.63) is 33.7 Å². The Morgan fingerprint density at radius 2 is 1.87 bits per heavy atom. The third-order valence-corrected chi connectivity index (χ3v) is 6.70. The van der Waals surface area contributed by atoms with Gasteiger partial charge in [-0.05, 0) is 18.2 Å². The monoisotopic (exact) mass is 508 g/mol. The number of nitrogens with one attached hydrogen (secondary N) is 1. The highest BCUT2D eigenvalue weighted by atomic mass is 79.9. The predicted octanol–water partition coefficient (Wildman–Crippen LogP) is 1.60. The van der Waals surface area contributed by atoms with E-state index in [0.717, 1.165) is 60.2 Å². The maximum atomic E-state index is 12.9. The zero-order chi connectivity index (χ0) is 21.8. The number of carbonyl (C=O) groups is 2. The van der Waals surface area contributed by atoms with Gasteiger partial charge in [-0.15, -0.1) is 11.3 Å². The van der Waals surface area contributed by atoms with Crippen molar-refractivity contribution < 1.29 is 14.3 Å². The highest BCUT2D eigenvalue weighted by Gasteiger charge is 2.22. The number of anilines is 3. The predicted molar refractivity (Wildman–Crippen MR) is 125 cm³/mol. The molecule has 0 saturated carbocycles. The molecule has 2 amide bonds. The van der Waals surface area contributed by atoms with Crippen LogP contribution in [0.2, 0.25) is 0 Å². The lowest BCUT2D eigenvalue weighted by Crippen LogP contribution is -2.49. The summed E-state index contributed by atoms with van der Waals surface area (Å²) in [6.45, 7) is 6.16. The summed E-state index contributed by atoms with van der Waals surface area (Å²) in [7, 11) is 0. The first kappa shape index (κ1) is 22.0. The fourth-order valence-electron chi connectivity index (χ4n) is 3.71. The summed E-state index contributed by atoms with van der Waals surface area (Å²) >= 11 is 4.97. The first-order valence-corrected chi connectivity index (χ1v) is 11.8. The summed E-state index contributed by atoms with van der Waals surface area (Å²) in [6.07, 6.45) is 0. The molecular weight excluding hydrogens is 484 g/mol. The Balaban J connectivity index is 1.45. The van der Waals surface area contributed by atoms with Crippen molar-refractivity contribution in [1.82, 2.24) is 9.88 Å². The van der Waals surface area contributed by atoms with Gasteiger partial charge in [-0.25, -0.2) is 4.98 Å². The normalized spacial score (nSPS) is 17.6. The number of hydrogen-bond acceptors (Lipinski definition) is 8. The van der Waals surface area contributed by atoms with Gasteiger partial charge in [0.25, 0.3) is 5.91 Å². The minimum atomic E-state index is -0.315. The SMILES string of the molecule is NC(=O)CN1CCN(c2ccc(Br)cc2NC(=O)c2csc(N3CCOCC3)n2)CC1. The van der Waals surface area contributed by atoms with Crippen LogP contribution in [0.5, 0.6) is 0 Å². The number of benzene rings is 1. The molecule has 0 radical (unpaired) electrons. The number of halogens is 1. The van der Waals surface area contributed by atoms with Gasteiger partial charge in [0.15, 0.2) is 5.13 Å². The first-order valence-electron chi connectivity index (χ1n) is 10.1. The molecule has 2 fully saturated rings. The van der Waals surface area contributed by atoms with E-state index in [4.69, 9.17) is 10.5 Å². The van der Waals surface area contributed by atoms with Crippen LogP contribution < -0.4 is 20.9 Å². The Bertz CT molecular complexity index is 941. The Kier molecular flexibility index (Phi) is 7.06. The fourth-order valence-corrected chi connectivity index (χ4v) is 4.93. The van der Waals surface area contributed by atoms with Gasteiger partial charge in [-0.3, -0.25) is 14.5 Å². The second-order valence-electron chi connectivity index (χ2n) is 7.46. The number of rotatable bonds is 6. The molecule has 2 aliphatic heterocycles. The van der Waals surface area contributed by atoms with Gasteiger partial charge >= 0.3 is 0 Å². The summed E-state index contributed by atoms with van der Waals surface area (Å²) < 4.78 is 6.26. The smallest absolute Gasteiger partial charge is 0.275 e. The number of primary amides is 1. The Morgan fingerprint density at radius 3 is 2.58 bits per heavy atom. The number of thiazole rings is 1. The first-order chi connectivity index (χ1) is 15.0. The van der Waals surface area contributed by atoms with E-state index in [1.165, 1.54) is 11.3 Å². The van der Waals surface area contributed by atoms with Crippen molar-refractivity contribution in [3.63, 3.8) is 0 Å². The molecule has 2 aromatic rings. The molecule has 9 nitrogen and oxygen atoms in total. The van der Waals surface area contributed by atoms with E-state index < -0.39 is 0 Å². The highest BCUT2D eigenvalue weighted by molar-refractivity contribution is 9.10. The van der Waals surface area contributed by atoms with E-state index in [1.807, 2.05) is 23.1 Å². The molecular formula is C20H25BrN6O3S. The van der Waals surface area contributed by atoms with Crippen molar-refractivity contribution in [1.29, 1.82) is 0 Å². The lowest BCUT2D eigenvalue weighted by Gasteiger charge is -2.36. The molecule has 31 heavy (non-hydrogen) atoms. The Morgan fingerprint density at radius 1 is 1.13 bits per heavy atom. The molecule has 0 unspecified atom stereocenters. The van der Waals surface area contributed by atoms with Crippen LogP contribution in [0.3, 0.4) is 0 Å². The van der Waals surface area contributed by atoms with Crippen LogP contribution in [-0.4, -0.2) is 80.7 Å². The Hall–Kier alpha value is -2.21. The minimum absolute atomic E-state index is 0.234. The van der Waals surface area contributed by atoms with Crippen LogP contribution in [0.1, 0.15) is 10.5 Å². The maximum absolute atomic E-state index is 12.9. The number of amides is 2. The lowest BCUT2D eigenvalue weighted by atomic mass is 10.2. The molecule has 0 atom stereocenters. The summed E-state index contributed by atoms with van der Waals surface area (Å²) in [4.78, 5) is 35.0. The van der Waals surface area contributed by atoms with Crippen molar-refractivity contribution in [2.45, 2.75) is 0 Å². The van der Waals surface area contributed by atoms with Crippen molar-refractivity contribution >= 4 is 55.6 Å². The molecule has 0 spiro atoms. The summed E-state index contributed by atoms with van der Waals surface area (Å²) in [5, 5.41) is 5.66. The quantitative estimate of drug-likeness (QED) is 0.610. The number of hydrogen-bond donors (Lipinski definition) is 2. The molecule has 4 rings (SSSR count). The molecule has 3 heterocycles. The maximum Gasteiger partial charge on any atom is 0.275 e. The van der Waals surface area contributed by atoms with Crippen LogP contribution in [-0.2, 0) is 9.53 Å². The molecule has 11 heteroatoms. The van der Waals surface area contributed by atoms with Crippen LogP contribution >= 0.6 is 27.3 Å². The number of nitrogens with zero attached hydrogens (tertiary/aromatic N) is 4. The Labute approximate surface area is 193 Å². The van der Waals surface area contributed by atoms with E-state index in [9.17, 15) is 9.59 Å². The van der Waals surface area contributed by atoms with Crippen LogP contribution in [0.15, 0.2) is 28.1 Å². The number of carbonyl (C=O) groups excluding carboxylic acids is 2. The van der Waals surface area contributed by atoms with Gasteiger partial charge in [0.2, 0.25) is 5.91 Å². The topological polar surface area (TPSA) is 104 Å². The van der Waals surface area contributed by atoms with Crippen molar-refractivity contribution in [2.24, 2.45) is 5.73 Å². The molecule has 1 aromatic heterocycles. The standard InChI is InChI=1S/C20H25BrN6O3S/c21-14-1-2-17(26-5-3-25(4-6-26)12-18(22)28)15(11-14)23-19(29)16-13-31-20(24-16)27-7-9-30-10-8-27/h1-2,11,13H,3-10,12H2,(H2,22,28)(H,23,29). The van der Waals surface area contributed by atoms with Gasteiger partial charge in [-0.2, -0.15) is 0 Å². The number of ether oxygens (including phenoxy) is 1. The third kappa shape index (κ3) is 5.53. The van der Waals surface area contributed by atoms with Gasteiger partial charge in [0.1, 0.15) is 5.69 Å². The van der Waals surface area contributed by atoms with E-state index in [2.05, 4.69) is 36.0 Å². The summed E-state index contributed by atoms with van der Waals surface area (Å²) in [5.41, 5.74) is 7.38. The highest BCUT2D eigenvalue weighted by Crippen LogP contribution is 2.31. The third-order valence-electron chi connectivity index (χ3n) is 5.31. The zero-order valence-corrected chi connectivity index (χ0v) is 19.5. The van der Waals surface area contributed by atoms with Crippen molar-refractivity contribution in [2.75, 3.05) is 74.1 Å². The van der Waals surface area contributed by atoms with Gasteiger partial charge in [0.05, 0.1) is 31.1 Å². The average Bonchev–Trinajstić information content (AvgIpc) is 3.25. The number of morpholine rings is 1. The van der Waals surface area contributed by atoms with Gasteiger partial charge in [-0.1, -0.05) is 15.9 Å². The summed E-state index contributed by atoms with van der Waals surface area (Å²) in [5.74, 6) is -0.549. The molecule has 0 bridgehead atoms. The van der Waals surface area contributed by atoms with Gasteiger partial charge in [0, 0.05) is 49.1 Å². The van der Waals surface area contributed by atoms with E-state index in [-0.39, 0.29) is 18.4 Å². The molecule has 1 aromatic carbocycles. The molecule has 3 N–H and O–H groups in total. The van der Waals surface area contributed by atoms with Crippen LogP contribution in [0, 0.1) is 0 Å². The minimum Gasteiger partial charge on any atom is -0.378 e. The fraction of sp³-hybridized carbons (Fsp3) is 0.450. The number of nitrogens with two attached hydrogens (primary N) is 1. The molecule has 2 aliphatic rings. The van der Waals surface area contributed by atoms with Gasteiger partial charge < -0.3 is 25.6 Å². The second kappa shape index (κ2) is 9.94. The van der Waals surface area contributed by atoms with E-state index in [0.29, 0.717) is 18.9 Å². The van der Waals surface area contributed by atoms with Crippen molar-refractivity contribution in [3.8, 4) is 0 Å². The van der Waals surface area contributed by atoms with E-state index >= 15 is 0 Å². The van der Waals surface area contributed by atoms with Crippen LogP contribution in [0.25, 0.3) is 0 Å². The van der Waals surface area contributed by atoms with E-state index in [1.54, 1.807) is 5.38 Å². The summed E-state index contributed by atoms with van der Waals surface area (Å²) in [6, 6.07) is 5.85. The van der Waals surface area contributed by atoms with Crippen LogP contribution in [0.4, 0.5) is 16.5 Å². The number of aromatic nitrogens is 1. The lowest BCUT2D eigenvalue weighted by molar-refractivity contribution is -0.119. The molecule has 2 saturated heterocycles. The largest absolute Gasteiger partial charge is 0.378 e. The molecule has 0 aliphatic carbocycles. The number of piperazine rings is 1. The molecule has 166 valence electrons. The second-order valence-corrected chi connectivity index (χ2v) is 9.21.